The maximum absolute atomic E-state index is 12.9. The van der Waals surface area contributed by atoms with Crippen LogP contribution in [0.15, 0.2) is 24.3 Å². The number of aliphatic hydroxyl groups excluding tert-OH is 5. The third kappa shape index (κ3) is 23.0. The second-order valence-electron chi connectivity index (χ2n) is 14.1. The van der Waals surface area contributed by atoms with Crippen LogP contribution in [-0.4, -0.2) is 87.5 Å². The van der Waals surface area contributed by atoms with Crippen LogP contribution in [0.2, 0.25) is 0 Å². The first-order valence-corrected chi connectivity index (χ1v) is 20.0. The van der Waals surface area contributed by atoms with Crippen molar-refractivity contribution < 1.29 is 39.8 Å². The van der Waals surface area contributed by atoms with Crippen LogP contribution in [0.4, 0.5) is 0 Å². The molecule has 1 rings (SSSR count). The molecular weight excluding hydrogens is 622 g/mol. The van der Waals surface area contributed by atoms with Crippen molar-refractivity contribution in [2.45, 2.75) is 211 Å². The molecule has 0 aromatic rings. The summed E-state index contributed by atoms with van der Waals surface area (Å²) in [6.07, 6.45) is 27.5. The SMILES string of the molecule is CCC/C=C\C/C=C\CCCCCCCC(=O)NC(COC1OC(CO)C(O)C(O)C1O)C(O)CCCCCCCCCCCCCCC. The molecule has 288 valence electrons. The van der Waals surface area contributed by atoms with Gasteiger partial charge in [0.25, 0.3) is 0 Å². The monoisotopic (exact) mass is 698 g/mol. The molecule has 0 spiro atoms. The van der Waals surface area contributed by atoms with Gasteiger partial charge < -0.3 is 40.3 Å². The van der Waals surface area contributed by atoms with Gasteiger partial charge in [-0.05, 0) is 38.5 Å². The minimum absolute atomic E-state index is 0.143. The van der Waals surface area contributed by atoms with E-state index in [9.17, 15) is 30.3 Å². The molecule has 0 aliphatic carbocycles. The first kappa shape index (κ1) is 45.7. The van der Waals surface area contributed by atoms with Crippen LogP contribution in [-0.2, 0) is 14.3 Å². The summed E-state index contributed by atoms with van der Waals surface area (Å²) >= 11 is 0. The van der Waals surface area contributed by atoms with E-state index in [4.69, 9.17) is 9.47 Å². The lowest BCUT2D eigenvalue weighted by Crippen LogP contribution is -2.60. The summed E-state index contributed by atoms with van der Waals surface area (Å²) in [7, 11) is 0. The van der Waals surface area contributed by atoms with E-state index in [-0.39, 0.29) is 12.5 Å². The number of aliphatic hydroxyl groups is 5. The predicted molar refractivity (Wildman–Crippen MR) is 198 cm³/mol. The number of hydrogen-bond acceptors (Lipinski definition) is 8. The lowest BCUT2D eigenvalue weighted by molar-refractivity contribution is -0.302. The van der Waals surface area contributed by atoms with Gasteiger partial charge in [-0.1, -0.05) is 147 Å². The highest BCUT2D eigenvalue weighted by Gasteiger charge is 2.44. The van der Waals surface area contributed by atoms with Crippen LogP contribution in [0.3, 0.4) is 0 Å². The Morgan fingerprint density at radius 2 is 1.24 bits per heavy atom. The Labute approximate surface area is 298 Å². The molecule has 6 N–H and O–H groups in total. The predicted octanol–water partition coefficient (Wildman–Crippen LogP) is 7.16. The first-order valence-electron chi connectivity index (χ1n) is 20.0. The van der Waals surface area contributed by atoms with Gasteiger partial charge in [-0.25, -0.2) is 0 Å². The Bertz CT molecular complexity index is 822. The average molecular weight is 698 g/mol. The number of nitrogens with one attached hydrogen (secondary N) is 1. The zero-order valence-corrected chi connectivity index (χ0v) is 31.2. The zero-order chi connectivity index (χ0) is 36.0. The van der Waals surface area contributed by atoms with Gasteiger partial charge in [-0.3, -0.25) is 4.79 Å². The number of carbonyl (C=O) groups is 1. The molecular formula is C40H75NO8. The standard InChI is InChI=1S/C40H75NO8/c1-3-5-7-9-11-13-15-17-19-21-23-25-27-29-34(43)33(32-48-40-39(47)38(46)37(45)35(31-42)49-40)41-36(44)30-28-26-24-22-20-18-16-14-12-10-8-6-4-2/h8,10,14,16,33-35,37-40,42-43,45-47H,3-7,9,11-13,15,17-32H2,1-2H3,(H,41,44)/b10-8-,16-14-. The molecule has 1 fully saturated rings. The van der Waals surface area contributed by atoms with E-state index in [1.165, 1.54) is 70.6 Å². The van der Waals surface area contributed by atoms with Gasteiger partial charge in [0, 0.05) is 6.42 Å². The van der Waals surface area contributed by atoms with E-state index in [2.05, 4.69) is 43.5 Å². The van der Waals surface area contributed by atoms with Crippen LogP contribution in [0.25, 0.3) is 0 Å². The highest BCUT2D eigenvalue weighted by Crippen LogP contribution is 2.23. The fraction of sp³-hybridized carbons (Fsp3) is 0.875. The van der Waals surface area contributed by atoms with E-state index in [1.807, 2.05) is 0 Å². The molecule has 7 atom stereocenters. The van der Waals surface area contributed by atoms with Crippen LogP contribution in [0, 0.1) is 0 Å². The van der Waals surface area contributed by atoms with E-state index < -0.39 is 49.5 Å². The van der Waals surface area contributed by atoms with E-state index in [0.717, 1.165) is 70.6 Å². The van der Waals surface area contributed by atoms with Gasteiger partial charge in [0.2, 0.25) is 5.91 Å². The molecule has 0 aromatic heterocycles. The Morgan fingerprint density at radius 1 is 0.694 bits per heavy atom. The quantitative estimate of drug-likeness (QED) is 0.0320. The number of allylic oxidation sites excluding steroid dienone is 4. The Hall–Kier alpha value is -1.33. The van der Waals surface area contributed by atoms with Gasteiger partial charge in [0.05, 0.1) is 25.4 Å². The molecule has 1 heterocycles. The molecule has 1 saturated heterocycles. The van der Waals surface area contributed by atoms with Crippen molar-refractivity contribution in [1.82, 2.24) is 5.32 Å². The fourth-order valence-electron chi connectivity index (χ4n) is 6.26. The molecule has 7 unspecified atom stereocenters. The number of hydrogen-bond donors (Lipinski definition) is 6. The topological polar surface area (TPSA) is 149 Å². The molecule has 0 saturated carbocycles. The fourth-order valence-corrected chi connectivity index (χ4v) is 6.26. The number of amides is 1. The van der Waals surface area contributed by atoms with Crippen molar-refractivity contribution in [2.24, 2.45) is 0 Å². The summed E-state index contributed by atoms with van der Waals surface area (Å²) in [5, 5.41) is 54.1. The number of ether oxygens (including phenoxy) is 2. The van der Waals surface area contributed by atoms with Gasteiger partial charge in [-0.2, -0.15) is 0 Å². The molecule has 1 aliphatic heterocycles. The lowest BCUT2D eigenvalue weighted by atomic mass is 9.99. The maximum Gasteiger partial charge on any atom is 0.220 e. The van der Waals surface area contributed by atoms with Crippen molar-refractivity contribution in [3.63, 3.8) is 0 Å². The summed E-state index contributed by atoms with van der Waals surface area (Å²) < 4.78 is 11.2. The van der Waals surface area contributed by atoms with Crippen molar-refractivity contribution >= 4 is 5.91 Å². The maximum atomic E-state index is 12.9. The van der Waals surface area contributed by atoms with Crippen LogP contribution in [0.1, 0.15) is 168 Å². The summed E-state index contributed by atoms with van der Waals surface area (Å²) in [6.45, 7) is 3.73. The molecule has 0 bridgehead atoms. The highest BCUT2D eigenvalue weighted by atomic mass is 16.7. The average Bonchev–Trinajstić information content (AvgIpc) is 3.10. The first-order chi connectivity index (χ1) is 23.8. The third-order valence-corrected chi connectivity index (χ3v) is 9.54. The van der Waals surface area contributed by atoms with Crippen LogP contribution >= 0.6 is 0 Å². The Morgan fingerprint density at radius 3 is 1.84 bits per heavy atom. The van der Waals surface area contributed by atoms with E-state index >= 15 is 0 Å². The molecule has 9 nitrogen and oxygen atoms in total. The molecule has 1 aliphatic rings. The van der Waals surface area contributed by atoms with Gasteiger partial charge in [0.15, 0.2) is 6.29 Å². The highest BCUT2D eigenvalue weighted by molar-refractivity contribution is 5.76. The van der Waals surface area contributed by atoms with Gasteiger partial charge >= 0.3 is 0 Å². The van der Waals surface area contributed by atoms with Crippen molar-refractivity contribution in [1.29, 1.82) is 0 Å². The smallest absolute Gasteiger partial charge is 0.220 e. The summed E-state index contributed by atoms with van der Waals surface area (Å²) in [4.78, 5) is 12.9. The molecule has 0 radical (unpaired) electrons. The van der Waals surface area contributed by atoms with Crippen molar-refractivity contribution in [3.05, 3.63) is 24.3 Å². The number of rotatable bonds is 32. The van der Waals surface area contributed by atoms with Crippen LogP contribution < -0.4 is 5.32 Å². The molecule has 1 amide bonds. The molecule has 49 heavy (non-hydrogen) atoms. The molecule has 0 aromatic carbocycles. The van der Waals surface area contributed by atoms with E-state index in [0.29, 0.717) is 12.8 Å². The minimum Gasteiger partial charge on any atom is -0.394 e. The van der Waals surface area contributed by atoms with Gasteiger partial charge in [0.1, 0.15) is 24.4 Å². The zero-order valence-electron chi connectivity index (χ0n) is 31.2. The normalized spacial score (nSPS) is 22.6. The summed E-state index contributed by atoms with van der Waals surface area (Å²) in [5.74, 6) is -0.161. The Balaban J connectivity index is 2.42. The second-order valence-corrected chi connectivity index (χ2v) is 14.1. The number of unbranched alkanes of at least 4 members (excludes halogenated alkanes) is 18. The van der Waals surface area contributed by atoms with Gasteiger partial charge in [-0.15, -0.1) is 0 Å². The largest absolute Gasteiger partial charge is 0.394 e. The van der Waals surface area contributed by atoms with Crippen molar-refractivity contribution in [3.8, 4) is 0 Å². The summed E-state index contributed by atoms with van der Waals surface area (Å²) in [6, 6.07) is -0.721. The lowest BCUT2D eigenvalue weighted by Gasteiger charge is -2.40. The second kappa shape index (κ2) is 31.4. The third-order valence-electron chi connectivity index (χ3n) is 9.54. The van der Waals surface area contributed by atoms with Crippen molar-refractivity contribution in [2.75, 3.05) is 13.2 Å². The molecule has 9 heteroatoms. The summed E-state index contributed by atoms with van der Waals surface area (Å²) in [5.41, 5.74) is 0. The van der Waals surface area contributed by atoms with E-state index in [1.54, 1.807) is 0 Å². The number of carbonyl (C=O) groups excluding carboxylic acids is 1. The minimum atomic E-state index is -1.55. The Kier molecular flexibility index (Phi) is 29.3. The van der Waals surface area contributed by atoms with Crippen LogP contribution in [0.5, 0.6) is 0 Å².